The predicted molar refractivity (Wildman–Crippen MR) is 124 cm³/mol. The maximum absolute atomic E-state index is 11.7. The summed E-state index contributed by atoms with van der Waals surface area (Å²) in [4.78, 5) is 6.87. The van der Waals surface area contributed by atoms with E-state index < -0.39 is 10.0 Å². The third-order valence-corrected chi connectivity index (χ3v) is 6.40. The second-order valence-electron chi connectivity index (χ2n) is 5.78. The molecular formula is C18H27IN4O2S2. The highest BCUT2D eigenvalue weighted by Crippen LogP contribution is 2.16. The van der Waals surface area contributed by atoms with Gasteiger partial charge >= 0.3 is 0 Å². The Balaban J connectivity index is 0.00000364. The SMILES string of the molecule is CCc1ccc(CNC(=NC)NCc2cccc(CS(=O)(=O)NC)c2)s1.I. The molecule has 0 atom stereocenters. The Labute approximate surface area is 182 Å². The first-order valence-electron chi connectivity index (χ1n) is 8.47. The normalized spacial score (nSPS) is 11.7. The minimum absolute atomic E-state index is 0. The molecule has 6 nitrogen and oxygen atoms in total. The number of aryl methyl sites for hydroxylation is 1. The number of nitrogens with zero attached hydrogens (tertiary/aromatic N) is 1. The Morgan fingerprint density at radius 3 is 2.37 bits per heavy atom. The van der Waals surface area contributed by atoms with Crippen molar-refractivity contribution in [3.63, 3.8) is 0 Å². The Kier molecular flexibility index (Phi) is 10.3. The van der Waals surface area contributed by atoms with E-state index in [2.05, 4.69) is 39.4 Å². The molecule has 0 bridgehead atoms. The molecule has 0 spiro atoms. The average molecular weight is 522 g/mol. The van der Waals surface area contributed by atoms with Crippen LogP contribution in [-0.4, -0.2) is 28.5 Å². The molecule has 150 valence electrons. The maximum Gasteiger partial charge on any atom is 0.215 e. The smallest absolute Gasteiger partial charge is 0.215 e. The molecule has 0 saturated heterocycles. The van der Waals surface area contributed by atoms with E-state index in [9.17, 15) is 8.42 Å². The summed E-state index contributed by atoms with van der Waals surface area (Å²) < 4.78 is 25.7. The van der Waals surface area contributed by atoms with Gasteiger partial charge in [0.1, 0.15) is 0 Å². The number of nitrogens with one attached hydrogen (secondary N) is 3. The van der Waals surface area contributed by atoms with Gasteiger partial charge in [-0.1, -0.05) is 31.2 Å². The van der Waals surface area contributed by atoms with Crippen LogP contribution >= 0.6 is 35.3 Å². The highest BCUT2D eigenvalue weighted by Gasteiger charge is 2.09. The van der Waals surface area contributed by atoms with E-state index in [4.69, 9.17) is 0 Å². The fourth-order valence-electron chi connectivity index (χ4n) is 2.41. The molecule has 1 aromatic heterocycles. The number of halogens is 1. The van der Waals surface area contributed by atoms with Gasteiger partial charge in [-0.15, -0.1) is 35.3 Å². The number of hydrogen-bond acceptors (Lipinski definition) is 4. The van der Waals surface area contributed by atoms with E-state index in [1.807, 2.05) is 24.3 Å². The Hall–Kier alpha value is -1.17. The van der Waals surface area contributed by atoms with Gasteiger partial charge in [0.05, 0.1) is 12.3 Å². The zero-order valence-electron chi connectivity index (χ0n) is 15.8. The largest absolute Gasteiger partial charge is 0.352 e. The van der Waals surface area contributed by atoms with Gasteiger partial charge in [0, 0.05) is 23.3 Å². The lowest BCUT2D eigenvalue weighted by atomic mass is 10.1. The van der Waals surface area contributed by atoms with Crippen LogP contribution in [0, 0.1) is 0 Å². The first-order valence-corrected chi connectivity index (χ1v) is 10.9. The van der Waals surface area contributed by atoms with Gasteiger partial charge in [0.25, 0.3) is 0 Å². The monoisotopic (exact) mass is 522 g/mol. The van der Waals surface area contributed by atoms with Crippen LogP contribution in [0.3, 0.4) is 0 Å². The van der Waals surface area contributed by atoms with Crippen molar-refractivity contribution in [1.29, 1.82) is 0 Å². The van der Waals surface area contributed by atoms with Crippen LogP contribution in [0.5, 0.6) is 0 Å². The molecule has 0 fully saturated rings. The molecule has 3 N–H and O–H groups in total. The van der Waals surface area contributed by atoms with Crippen molar-refractivity contribution in [1.82, 2.24) is 15.4 Å². The van der Waals surface area contributed by atoms with E-state index in [1.54, 1.807) is 18.4 Å². The molecule has 1 heterocycles. The van der Waals surface area contributed by atoms with Crippen molar-refractivity contribution < 1.29 is 8.42 Å². The van der Waals surface area contributed by atoms with Crippen molar-refractivity contribution in [2.75, 3.05) is 14.1 Å². The second kappa shape index (κ2) is 11.6. The number of guanidine groups is 1. The summed E-state index contributed by atoms with van der Waals surface area (Å²) in [6, 6.07) is 11.8. The Bertz CT molecular complexity index is 851. The zero-order chi connectivity index (χ0) is 19.0. The summed E-state index contributed by atoms with van der Waals surface area (Å²) in [6.45, 7) is 3.45. The van der Waals surface area contributed by atoms with Crippen LogP contribution in [0.2, 0.25) is 0 Å². The van der Waals surface area contributed by atoms with Crippen LogP contribution in [0.15, 0.2) is 41.4 Å². The van der Waals surface area contributed by atoms with E-state index in [0.29, 0.717) is 12.5 Å². The molecule has 0 saturated carbocycles. The van der Waals surface area contributed by atoms with Crippen LogP contribution in [0.1, 0.15) is 27.8 Å². The summed E-state index contributed by atoms with van der Waals surface area (Å²) in [5.41, 5.74) is 1.76. The highest BCUT2D eigenvalue weighted by atomic mass is 127. The molecule has 0 aliphatic carbocycles. The fourth-order valence-corrected chi connectivity index (χ4v) is 4.07. The number of sulfonamides is 1. The van der Waals surface area contributed by atoms with Crippen LogP contribution < -0.4 is 15.4 Å². The topological polar surface area (TPSA) is 82.6 Å². The standard InChI is InChI=1S/C18H26N4O2S2.HI/c1-4-16-8-9-17(25-16)12-22-18(19-2)21-11-14-6-5-7-15(10-14)13-26(23,24)20-3;/h5-10,20H,4,11-13H2,1-3H3,(H2,19,21,22);1H. The van der Waals surface area contributed by atoms with Crippen molar-refractivity contribution in [2.24, 2.45) is 4.99 Å². The molecule has 2 rings (SSSR count). The van der Waals surface area contributed by atoms with Gasteiger partial charge in [-0.05, 0) is 36.7 Å². The van der Waals surface area contributed by atoms with Crippen molar-refractivity contribution >= 4 is 51.3 Å². The Morgan fingerprint density at radius 1 is 1.07 bits per heavy atom. The quantitative estimate of drug-likeness (QED) is 0.283. The predicted octanol–water partition coefficient (Wildman–Crippen LogP) is 2.84. The average Bonchev–Trinajstić information content (AvgIpc) is 3.10. The zero-order valence-corrected chi connectivity index (χ0v) is 19.7. The van der Waals surface area contributed by atoms with Crippen molar-refractivity contribution in [3.8, 4) is 0 Å². The van der Waals surface area contributed by atoms with Crippen molar-refractivity contribution in [2.45, 2.75) is 32.2 Å². The summed E-state index contributed by atoms with van der Waals surface area (Å²) in [7, 11) is -0.113. The molecule has 0 unspecified atom stereocenters. The van der Waals surface area contributed by atoms with Gasteiger partial charge in [-0.3, -0.25) is 4.99 Å². The van der Waals surface area contributed by atoms with Gasteiger partial charge in [-0.25, -0.2) is 13.1 Å². The minimum Gasteiger partial charge on any atom is -0.352 e. The second-order valence-corrected chi connectivity index (χ2v) is 8.96. The van der Waals surface area contributed by atoms with Gasteiger partial charge in [-0.2, -0.15) is 0 Å². The van der Waals surface area contributed by atoms with Crippen LogP contribution in [0.4, 0.5) is 0 Å². The van der Waals surface area contributed by atoms with E-state index >= 15 is 0 Å². The first kappa shape index (κ1) is 23.9. The molecule has 0 aliphatic heterocycles. The molecule has 0 amide bonds. The lowest BCUT2D eigenvalue weighted by molar-refractivity contribution is 0.587. The number of hydrogen-bond donors (Lipinski definition) is 3. The number of benzene rings is 1. The summed E-state index contributed by atoms with van der Waals surface area (Å²) >= 11 is 1.80. The third kappa shape index (κ3) is 8.16. The molecule has 9 heteroatoms. The lowest BCUT2D eigenvalue weighted by Crippen LogP contribution is -2.36. The van der Waals surface area contributed by atoms with E-state index in [-0.39, 0.29) is 29.7 Å². The summed E-state index contributed by atoms with van der Waals surface area (Å²) in [5.74, 6) is 0.687. The lowest BCUT2D eigenvalue weighted by Gasteiger charge is -2.12. The molecule has 1 aromatic carbocycles. The number of aliphatic imine (C=N–C) groups is 1. The highest BCUT2D eigenvalue weighted by molar-refractivity contribution is 14.0. The summed E-state index contributed by atoms with van der Waals surface area (Å²) in [5, 5.41) is 6.56. The molecule has 2 aromatic rings. The summed E-state index contributed by atoms with van der Waals surface area (Å²) in [6.07, 6.45) is 1.05. The number of thiophene rings is 1. The van der Waals surface area contributed by atoms with Crippen LogP contribution in [-0.2, 0) is 35.3 Å². The van der Waals surface area contributed by atoms with Gasteiger partial charge in [0.15, 0.2) is 5.96 Å². The molecule has 0 aliphatic rings. The maximum atomic E-state index is 11.7. The molecule has 27 heavy (non-hydrogen) atoms. The molecular weight excluding hydrogens is 495 g/mol. The van der Waals surface area contributed by atoms with E-state index in [1.165, 1.54) is 16.8 Å². The first-order chi connectivity index (χ1) is 12.5. The Morgan fingerprint density at radius 2 is 1.74 bits per heavy atom. The van der Waals surface area contributed by atoms with Crippen LogP contribution in [0.25, 0.3) is 0 Å². The van der Waals surface area contributed by atoms with Gasteiger partial charge < -0.3 is 10.6 Å². The van der Waals surface area contributed by atoms with Gasteiger partial charge in [0.2, 0.25) is 10.0 Å². The number of rotatable bonds is 8. The molecule has 0 radical (unpaired) electrons. The fraction of sp³-hybridized carbons (Fsp3) is 0.389. The van der Waals surface area contributed by atoms with Crippen molar-refractivity contribution in [3.05, 3.63) is 57.3 Å². The minimum atomic E-state index is -3.27. The van der Waals surface area contributed by atoms with E-state index in [0.717, 1.165) is 24.1 Å². The third-order valence-electron chi connectivity index (χ3n) is 3.84.